The van der Waals surface area contributed by atoms with E-state index in [-0.39, 0.29) is 6.61 Å². The second-order valence-corrected chi connectivity index (χ2v) is 2.87. The van der Waals surface area contributed by atoms with Gasteiger partial charge in [-0.15, -0.1) is 0 Å². The van der Waals surface area contributed by atoms with Gasteiger partial charge in [-0.3, -0.25) is 0 Å². The predicted molar refractivity (Wildman–Crippen MR) is 44.6 cm³/mol. The van der Waals surface area contributed by atoms with E-state index >= 15 is 0 Å². The molecule has 3 heteroatoms. The van der Waals surface area contributed by atoms with E-state index in [9.17, 15) is 0 Å². The third-order valence-electron chi connectivity index (χ3n) is 1.68. The highest BCUT2D eigenvalue weighted by molar-refractivity contribution is 6.29. The van der Waals surface area contributed by atoms with Crippen LogP contribution >= 0.6 is 11.6 Å². The summed E-state index contributed by atoms with van der Waals surface area (Å²) in [6, 6.07) is 1.75. The first-order valence-corrected chi connectivity index (χ1v) is 3.76. The molecule has 0 aromatic carbocycles. The van der Waals surface area contributed by atoms with E-state index in [2.05, 4.69) is 4.98 Å². The zero-order chi connectivity index (χ0) is 8.43. The van der Waals surface area contributed by atoms with E-state index in [1.54, 1.807) is 6.07 Å². The summed E-state index contributed by atoms with van der Waals surface area (Å²) in [6.07, 6.45) is 0. The molecule has 0 saturated heterocycles. The Bertz CT molecular complexity index is 250. The Hall–Kier alpha value is -0.600. The molecule has 0 spiro atoms. The van der Waals surface area contributed by atoms with Gasteiger partial charge in [0.1, 0.15) is 5.15 Å². The van der Waals surface area contributed by atoms with Gasteiger partial charge in [0.05, 0.1) is 6.61 Å². The van der Waals surface area contributed by atoms with Crippen LogP contribution in [0.2, 0.25) is 5.15 Å². The summed E-state index contributed by atoms with van der Waals surface area (Å²) >= 11 is 5.69. The average molecular weight is 172 g/mol. The second-order valence-electron chi connectivity index (χ2n) is 2.48. The molecule has 1 aromatic rings. The first-order chi connectivity index (χ1) is 5.15. The number of pyridine rings is 1. The molecule has 60 valence electrons. The van der Waals surface area contributed by atoms with Gasteiger partial charge in [0.15, 0.2) is 0 Å². The Morgan fingerprint density at radius 1 is 1.55 bits per heavy atom. The van der Waals surface area contributed by atoms with Gasteiger partial charge in [0, 0.05) is 11.3 Å². The van der Waals surface area contributed by atoms with Crippen molar-refractivity contribution in [3.8, 4) is 0 Å². The van der Waals surface area contributed by atoms with Crippen molar-refractivity contribution in [3.05, 3.63) is 28.0 Å². The molecule has 11 heavy (non-hydrogen) atoms. The highest BCUT2D eigenvalue weighted by Crippen LogP contribution is 2.15. The summed E-state index contributed by atoms with van der Waals surface area (Å²) in [5, 5.41) is 9.39. The number of rotatable bonds is 1. The molecule has 2 nitrogen and oxygen atoms in total. The van der Waals surface area contributed by atoms with Crippen LogP contribution < -0.4 is 0 Å². The van der Waals surface area contributed by atoms with Crippen molar-refractivity contribution < 1.29 is 5.11 Å². The minimum atomic E-state index is 0.0296. The summed E-state index contributed by atoms with van der Waals surface area (Å²) in [5.74, 6) is 0. The molecule has 0 atom stereocenters. The minimum absolute atomic E-state index is 0.0296. The molecule has 0 radical (unpaired) electrons. The molecule has 1 rings (SSSR count). The quantitative estimate of drug-likeness (QED) is 0.655. The van der Waals surface area contributed by atoms with Gasteiger partial charge < -0.3 is 5.11 Å². The molecular formula is C8H10ClNO. The van der Waals surface area contributed by atoms with Crippen molar-refractivity contribution in [1.82, 2.24) is 4.98 Å². The van der Waals surface area contributed by atoms with Gasteiger partial charge >= 0.3 is 0 Å². The van der Waals surface area contributed by atoms with Gasteiger partial charge in [0.25, 0.3) is 0 Å². The van der Waals surface area contributed by atoms with Crippen molar-refractivity contribution >= 4 is 11.6 Å². The maximum absolute atomic E-state index is 8.91. The summed E-state index contributed by atoms with van der Waals surface area (Å²) < 4.78 is 0. The molecule has 1 heterocycles. The first-order valence-electron chi connectivity index (χ1n) is 3.38. The van der Waals surface area contributed by atoms with Crippen molar-refractivity contribution in [3.63, 3.8) is 0 Å². The summed E-state index contributed by atoms with van der Waals surface area (Å²) in [5.41, 5.74) is 2.66. The topological polar surface area (TPSA) is 33.1 Å². The van der Waals surface area contributed by atoms with Gasteiger partial charge in [-0.1, -0.05) is 11.6 Å². The second kappa shape index (κ2) is 3.20. The van der Waals surface area contributed by atoms with Crippen LogP contribution in [0.15, 0.2) is 6.07 Å². The lowest BCUT2D eigenvalue weighted by Gasteiger charge is -2.05. The Morgan fingerprint density at radius 3 is 2.64 bits per heavy atom. The molecule has 0 saturated carbocycles. The summed E-state index contributed by atoms with van der Waals surface area (Å²) in [6.45, 7) is 3.78. The number of aromatic nitrogens is 1. The fourth-order valence-electron chi connectivity index (χ4n) is 1.05. The minimum Gasteiger partial charge on any atom is -0.392 e. The van der Waals surface area contributed by atoms with E-state index in [0.29, 0.717) is 5.15 Å². The van der Waals surface area contributed by atoms with Crippen LogP contribution in [0.25, 0.3) is 0 Å². The fourth-order valence-corrected chi connectivity index (χ4v) is 1.34. The van der Waals surface area contributed by atoms with E-state index in [1.165, 1.54) is 0 Å². The Labute approximate surface area is 70.8 Å². The van der Waals surface area contributed by atoms with Crippen LogP contribution in [0.4, 0.5) is 0 Å². The normalized spacial score (nSPS) is 10.2. The smallest absolute Gasteiger partial charge is 0.129 e. The molecule has 0 unspecified atom stereocenters. The van der Waals surface area contributed by atoms with Crippen LogP contribution in [-0.2, 0) is 6.61 Å². The van der Waals surface area contributed by atoms with E-state index in [1.807, 2.05) is 13.8 Å². The number of hydrogen-bond donors (Lipinski definition) is 1. The predicted octanol–water partition coefficient (Wildman–Crippen LogP) is 1.84. The lowest BCUT2D eigenvalue weighted by Crippen LogP contribution is -1.96. The van der Waals surface area contributed by atoms with Gasteiger partial charge in [0.2, 0.25) is 0 Å². The maximum Gasteiger partial charge on any atom is 0.129 e. The summed E-state index contributed by atoms with van der Waals surface area (Å²) in [7, 11) is 0. The molecular weight excluding hydrogens is 162 g/mol. The standard InChI is InChI=1S/C8H10ClNO/c1-5-3-8(9)10-6(2)7(5)4-11/h3,11H,4H2,1-2H3. The zero-order valence-electron chi connectivity index (χ0n) is 6.56. The fraction of sp³-hybridized carbons (Fsp3) is 0.375. The summed E-state index contributed by atoms with van der Waals surface area (Å²) in [4.78, 5) is 4.01. The largest absolute Gasteiger partial charge is 0.392 e. The monoisotopic (exact) mass is 171 g/mol. The molecule has 1 N–H and O–H groups in total. The number of aliphatic hydroxyl groups is 1. The maximum atomic E-state index is 8.91. The van der Waals surface area contributed by atoms with Crippen molar-refractivity contribution in [2.75, 3.05) is 0 Å². The number of halogens is 1. The molecule has 0 aliphatic carbocycles. The van der Waals surface area contributed by atoms with Gasteiger partial charge in [-0.2, -0.15) is 0 Å². The van der Waals surface area contributed by atoms with Crippen LogP contribution in [0, 0.1) is 13.8 Å². The molecule has 0 bridgehead atoms. The number of nitrogens with zero attached hydrogens (tertiary/aromatic N) is 1. The van der Waals surface area contributed by atoms with Crippen molar-refractivity contribution in [2.24, 2.45) is 0 Å². The van der Waals surface area contributed by atoms with Crippen LogP contribution in [0.1, 0.15) is 16.8 Å². The Kier molecular flexibility index (Phi) is 2.47. The van der Waals surface area contributed by atoms with Gasteiger partial charge in [-0.05, 0) is 25.5 Å². The molecule has 0 aliphatic rings. The molecule has 0 aliphatic heterocycles. The zero-order valence-corrected chi connectivity index (χ0v) is 7.31. The third-order valence-corrected chi connectivity index (χ3v) is 1.87. The van der Waals surface area contributed by atoms with Gasteiger partial charge in [-0.25, -0.2) is 4.98 Å². The highest BCUT2D eigenvalue weighted by Gasteiger charge is 2.03. The van der Waals surface area contributed by atoms with Crippen molar-refractivity contribution in [1.29, 1.82) is 0 Å². The van der Waals surface area contributed by atoms with Crippen LogP contribution in [-0.4, -0.2) is 10.1 Å². The lowest BCUT2D eigenvalue weighted by atomic mass is 10.1. The SMILES string of the molecule is Cc1cc(Cl)nc(C)c1CO. The highest BCUT2D eigenvalue weighted by atomic mass is 35.5. The Morgan fingerprint density at radius 2 is 2.18 bits per heavy atom. The first kappa shape index (κ1) is 8.50. The molecule has 0 fully saturated rings. The van der Waals surface area contributed by atoms with Crippen LogP contribution in [0.5, 0.6) is 0 Å². The number of aliphatic hydroxyl groups excluding tert-OH is 1. The average Bonchev–Trinajstić information content (AvgIpc) is 1.85. The molecule has 0 amide bonds. The van der Waals surface area contributed by atoms with Crippen molar-refractivity contribution in [2.45, 2.75) is 20.5 Å². The van der Waals surface area contributed by atoms with E-state index in [0.717, 1.165) is 16.8 Å². The van der Waals surface area contributed by atoms with E-state index < -0.39 is 0 Å². The molecule has 1 aromatic heterocycles. The number of hydrogen-bond acceptors (Lipinski definition) is 2. The Balaban J connectivity index is 3.25. The van der Waals surface area contributed by atoms with E-state index in [4.69, 9.17) is 16.7 Å². The number of aryl methyl sites for hydroxylation is 2. The lowest BCUT2D eigenvalue weighted by molar-refractivity contribution is 0.279. The third kappa shape index (κ3) is 1.70. The van der Waals surface area contributed by atoms with Crippen LogP contribution in [0.3, 0.4) is 0 Å².